The van der Waals surface area contributed by atoms with E-state index in [-0.39, 0.29) is 0 Å². The first-order valence-corrected chi connectivity index (χ1v) is 5.70. The standard InChI is InChI=1S/C12H12BrN3/c1-8-4-5-10(9(13)7-8)16-11-3-2-6-15-12(11)14/h2-7,16H,1H3,(H2,14,15). The highest BCUT2D eigenvalue weighted by Crippen LogP contribution is 2.28. The lowest BCUT2D eigenvalue weighted by Gasteiger charge is -2.10. The first-order valence-electron chi connectivity index (χ1n) is 4.90. The number of aromatic nitrogens is 1. The van der Waals surface area contributed by atoms with Gasteiger partial charge in [0.15, 0.2) is 0 Å². The summed E-state index contributed by atoms with van der Waals surface area (Å²) in [6.45, 7) is 2.05. The largest absolute Gasteiger partial charge is 0.382 e. The van der Waals surface area contributed by atoms with Crippen molar-refractivity contribution < 1.29 is 0 Å². The van der Waals surface area contributed by atoms with E-state index in [2.05, 4.69) is 32.3 Å². The Balaban J connectivity index is 2.31. The Hall–Kier alpha value is -1.55. The van der Waals surface area contributed by atoms with Crippen LogP contribution in [0.1, 0.15) is 5.56 Å². The first kappa shape index (κ1) is 11.0. The lowest BCUT2D eigenvalue weighted by Crippen LogP contribution is -1.98. The fourth-order valence-corrected chi connectivity index (χ4v) is 1.98. The van der Waals surface area contributed by atoms with Crippen molar-refractivity contribution in [1.82, 2.24) is 4.98 Å². The van der Waals surface area contributed by atoms with Crippen molar-refractivity contribution in [2.75, 3.05) is 11.1 Å². The molecule has 2 rings (SSSR count). The summed E-state index contributed by atoms with van der Waals surface area (Å²) in [5, 5.41) is 3.23. The number of nitrogens with one attached hydrogen (secondary N) is 1. The third-order valence-corrected chi connectivity index (χ3v) is 2.89. The molecular weight excluding hydrogens is 266 g/mol. The molecule has 0 spiro atoms. The van der Waals surface area contributed by atoms with E-state index >= 15 is 0 Å². The molecule has 0 aliphatic heterocycles. The van der Waals surface area contributed by atoms with Crippen LogP contribution in [0.25, 0.3) is 0 Å². The number of nitrogens with zero attached hydrogens (tertiary/aromatic N) is 1. The fraction of sp³-hybridized carbons (Fsp3) is 0.0833. The Morgan fingerprint density at radius 3 is 2.75 bits per heavy atom. The topological polar surface area (TPSA) is 50.9 Å². The number of nitrogen functional groups attached to an aromatic ring is 1. The van der Waals surface area contributed by atoms with Crippen molar-refractivity contribution in [3.63, 3.8) is 0 Å². The molecule has 82 valence electrons. The summed E-state index contributed by atoms with van der Waals surface area (Å²) in [6.07, 6.45) is 1.67. The Kier molecular flexibility index (Phi) is 3.10. The molecule has 0 unspecified atom stereocenters. The van der Waals surface area contributed by atoms with Crippen LogP contribution in [0, 0.1) is 6.92 Å². The van der Waals surface area contributed by atoms with Crippen LogP contribution in [0.3, 0.4) is 0 Å². The predicted octanol–water partition coefficient (Wildman–Crippen LogP) is 3.48. The average molecular weight is 278 g/mol. The van der Waals surface area contributed by atoms with Crippen molar-refractivity contribution in [1.29, 1.82) is 0 Å². The van der Waals surface area contributed by atoms with Crippen molar-refractivity contribution in [3.05, 3.63) is 46.6 Å². The number of pyridine rings is 1. The number of halogens is 1. The van der Waals surface area contributed by atoms with Gasteiger partial charge in [-0.2, -0.15) is 0 Å². The molecule has 0 amide bonds. The third kappa shape index (κ3) is 2.33. The molecule has 1 heterocycles. The van der Waals surface area contributed by atoms with Gasteiger partial charge in [-0.3, -0.25) is 0 Å². The van der Waals surface area contributed by atoms with E-state index in [0.29, 0.717) is 5.82 Å². The highest BCUT2D eigenvalue weighted by molar-refractivity contribution is 9.10. The Morgan fingerprint density at radius 1 is 1.25 bits per heavy atom. The zero-order valence-electron chi connectivity index (χ0n) is 8.87. The first-order chi connectivity index (χ1) is 7.66. The molecule has 3 nitrogen and oxygen atoms in total. The van der Waals surface area contributed by atoms with Crippen LogP contribution in [-0.4, -0.2) is 4.98 Å². The van der Waals surface area contributed by atoms with Gasteiger partial charge in [-0.15, -0.1) is 0 Å². The molecule has 0 atom stereocenters. The molecule has 0 fully saturated rings. The smallest absolute Gasteiger partial charge is 0.147 e. The molecule has 2 aromatic rings. The molecule has 0 aliphatic carbocycles. The normalized spacial score (nSPS) is 10.1. The number of hydrogen-bond acceptors (Lipinski definition) is 3. The summed E-state index contributed by atoms with van der Waals surface area (Å²) in [6, 6.07) is 9.84. The van der Waals surface area contributed by atoms with Crippen molar-refractivity contribution >= 4 is 33.1 Å². The fourth-order valence-electron chi connectivity index (χ4n) is 1.39. The van der Waals surface area contributed by atoms with Crippen LogP contribution >= 0.6 is 15.9 Å². The molecule has 0 bridgehead atoms. The number of rotatable bonds is 2. The van der Waals surface area contributed by atoms with Gasteiger partial charge in [0.1, 0.15) is 5.82 Å². The van der Waals surface area contributed by atoms with Crippen molar-refractivity contribution in [2.24, 2.45) is 0 Å². The van der Waals surface area contributed by atoms with Gasteiger partial charge >= 0.3 is 0 Å². The van der Waals surface area contributed by atoms with Gasteiger partial charge in [0, 0.05) is 10.7 Å². The van der Waals surface area contributed by atoms with Crippen LogP contribution in [0.5, 0.6) is 0 Å². The monoisotopic (exact) mass is 277 g/mol. The van der Waals surface area contributed by atoms with E-state index < -0.39 is 0 Å². The molecule has 1 aromatic carbocycles. The lowest BCUT2D eigenvalue weighted by molar-refractivity contribution is 1.32. The number of anilines is 3. The summed E-state index contributed by atoms with van der Waals surface area (Å²) >= 11 is 3.51. The Labute approximate surface area is 103 Å². The Bertz CT molecular complexity index is 511. The van der Waals surface area contributed by atoms with E-state index in [1.165, 1.54) is 5.56 Å². The van der Waals surface area contributed by atoms with E-state index in [1.807, 2.05) is 31.2 Å². The van der Waals surface area contributed by atoms with Crippen LogP contribution in [0.2, 0.25) is 0 Å². The van der Waals surface area contributed by atoms with Gasteiger partial charge in [0.05, 0.1) is 11.4 Å². The third-order valence-electron chi connectivity index (χ3n) is 2.23. The van der Waals surface area contributed by atoms with Gasteiger partial charge in [0.2, 0.25) is 0 Å². The van der Waals surface area contributed by atoms with E-state index in [1.54, 1.807) is 6.20 Å². The maximum atomic E-state index is 5.76. The van der Waals surface area contributed by atoms with E-state index in [9.17, 15) is 0 Å². The summed E-state index contributed by atoms with van der Waals surface area (Å²) in [5.41, 5.74) is 8.75. The molecule has 0 aliphatic rings. The maximum Gasteiger partial charge on any atom is 0.147 e. The SMILES string of the molecule is Cc1ccc(Nc2cccnc2N)c(Br)c1. The lowest BCUT2D eigenvalue weighted by atomic mass is 10.2. The quantitative estimate of drug-likeness (QED) is 0.884. The molecule has 4 heteroatoms. The van der Waals surface area contributed by atoms with Gasteiger partial charge in [-0.05, 0) is 52.7 Å². The average Bonchev–Trinajstić information content (AvgIpc) is 2.25. The van der Waals surface area contributed by atoms with Crippen LogP contribution in [0.4, 0.5) is 17.2 Å². The summed E-state index contributed by atoms with van der Waals surface area (Å²) in [7, 11) is 0. The van der Waals surface area contributed by atoms with Crippen LogP contribution in [0.15, 0.2) is 41.0 Å². The van der Waals surface area contributed by atoms with Gasteiger partial charge in [0.25, 0.3) is 0 Å². The Morgan fingerprint density at radius 2 is 2.06 bits per heavy atom. The van der Waals surface area contributed by atoms with E-state index in [4.69, 9.17) is 5.73 Å². The maximum absolute atomic E-state index is 5.76. The summed E-state index contributed by atoms with van der Waals surface area (Å²) in [4.78, 5) is 4.02. The molecule has 0 saturated heterocycles. The van der Waals surface area contributed by atoms with Crippen LogP contribution < -0.4 is 11.1 Å². The highest BCUT2D eigenvalue weighted by atomic mass is 79.9. The second-order valence-corrected chi connectivity index (χ2v) is 4.40. The number of hydrogen-bond donors (Lipinski definition) is 2. The molecule has 16 heavy (non-hydrogen) atoms. The molecule has 3 N–H and O–H groups in total. The van der Waals surface area contributed by atoms with Crippen molar-refractivity contribution in [3.8, 4) is 0 Å². The summed E-state index contributed by atoms with van der Waals surface area (Å²) < 4.78 is 1.01. The minimum absolute atomic E-state index is 0.495. The molecule has 0 saturated carbocycles. The minimum Gasteiger partial charge on any atom is -0.382 e. The summed E-state index contributed by atoms with van der Waals surface area (Å²) in [5.74, 6) is 0.495. The number of nitrogens with two attached hydrogens (primary N) is 1. The zero-order chi connectivity index (χ0) is 11.5. The highest BCUT2D eigenvalue weighted by Gasteiger charge is 2.03. The van der Waals surface area contributed by atoms with Gasteiger partial charge in [-0.1, -0.05) is 6.07 Å². The van der Waals surface area contributed by atoms with Gasteiger partial charge < -0.3 is 11.1 Å². The zero-order valence-corrected chi connectivity index (χ0v) is 10.5. The van der Waals surface area contributed by atoms with Gasteiger partial charge in [-0.25, -0.2) is 4.98 Å². The second-order valence-electron chi connectivity index (χ2n) is 3.54. The minimum atomic E-state index is 0.495. The molecule has 0 radical (unpaired) electrons. The predicted molar refractivity (Wildman–Crippen MR) is 70.8 cm³/mol. The second kappa shape index (κ2) is 4.53. The van der Waals surface area contributed by atoms with Crippen molar-refractivity contribution in [2.45, 2.75) is 6.92 Å². The van der Waals surface area contributed by atoms with E-state index in [0.717, 1.165) is 15.8 Å². The number of aryl methyl sites for hydroxylation is 1. The molecule has 1 aromatic heterocycles. The molecular formula is C12H12BrN3. The van der Waals surface area contributed by atoms with Crippen LogP contribution in [-0.2, 0) is 0 Å². The number of benzene rings is 1.